The van der Waals surface area contributed by atoms with Crippen LogP contribution in [0.15, 0.2) is 0 Å². The molecule has 0 aromatic carbocycles. The highest BCUT2D eigenvalue weighted by atomic mass is 17.2. The van der Waals surface area contributed by atoms with E-state index in [9.17, 15) is 9.59 Å². The SMILES string of the molecule is CCCC(OOCC(=O)OCC)C(=O)O. The van der Waals surface area contributed by atoms with Crippen molar-refractivity contribution in [2.75, 3.05) is 13.2 Å². The predicted octanol–water partition coefficient (Wildman–Crippen LogP) is 0.751. The van der Waals surface area contributed by atoms with Crippen molar-refractivity contribution in [2.24, 2.45) is 0 Å². The molecule has 0 aliphatic rings. The van der Waals surface area contributed by atoms with Gasteiger partial charge in [0.1, 0.15) is 0 Å². The van der Waals surface area contributed by atoms with E-state index in [-0.39, 0.29) is 6.61 Å². The minimum Gasteiger partial charge on any atom is -0.479 e. The van der Waals surface area contributed by atoms with Gasteiger partial charge in [0.25, 0.3) is 0 Å². The summed E-state index contributed by atoms with van der Waals surface area (Å²) in [6, 6.07) is 0. The van der Waals surface area contributed by atoms with Crippen LogP contribution in [0.4, 0.5) is 0 Å². The Kier molecular flexibility index (Phi) is 7.57. The molecular formula is C9H16O6. The first kappa shape index (κ1) is 13.9. The monoisotopic (exact) mass is 220 g/mol. The molecular weight excluding hydrogens is 204 g/mol. The lowest BCUT2D eigenvalue weighted by Gasteiger charge is -2.10. The molecule has 0 saturated carbocycles. The summed E-state index contributed by atoms with van der Waals surface area (Å²) in [5, 5.41) is 8.65. The third kappa shape index (κ3) is 6.87. The van der Waals surface area contributed by atoms with Crippen LogP contribution in [0.1, 0.15) is 26.7 Å². The van der Waals surface area contributed by atoms with Gasteiger partial charge in [-0.2, -0.15) is 0 Å². The molecule has 1 N–H and O–H groups in total. The molecule has 1 unspecified atom stereocenters. The van der Waals surface area contributed by atoms with Crippen molar-refractivity contribution in [1.29, 1.82) is 0 Å². The summed E-state index contributed by atoms with van der Waals surface area (Å²) in [5.41, 5.74) is 0. The fraction of sp³-hybridized carbons (Fsp3) is 0.778. The molecule has 0 saturated heterocycles. The number of ether oxygens (including phenoxy) is 1. The third-order valence-corrected chi connectivity index (χ3v) is 1.49. The van der Waals surface area contributed by atoms with Gasteiger partial charge >= 0.3 is 11.9 Å². The number of rotatable bonds is 8. The zero-order chi connectivity index (χ0) is 11.7. The second kappa shape index (κ2) is 8.19. The minimum atomic E-state index is -1.11. The highest BCUT2D eigenvalue weighted by molar-refractivity contribution is 5.72. The lowest BCUT2D eigenvalue weighted by Crippen LogP contribution is -2.25. The molecule has 0 aromatic heterocycles. The Morgan fingerprint density at radius 1 is 1.33 bits per heavy atom. The number of hydrogen-bond donors (Lipinski definition) is 1. The van der Waals surface area contributed by atoms with Gasteiger partial charge in [-0.15, -0.1) is 0 Å². The van der Waals surface area contributed by atoms with Gasteiger partial charge in [-0.25, -0.2) is 19.4 Å². The van der Waals surface area contributed by atoms with Crippen molar-refractivity contribution < 1.29 is 29.2 Å². The zero-order valence-corrected chi connectivity index (χ0v) is 8.89. The van der Waals surface area contributed by atoms with Gasteiger partial charge in [-0.05, 0) is 13.3 Å². The maximum Gasteiger partial charge on any atom is 0.336 e. The molecule has 88 valence electrons. The molecule has 0 bridgehead atoms. The average molecular weight is 220 g/mol. The van der Waals surface area contributed by atoms with E-state index < -0.39 is 24.6 Å². The summed E-state index contributed by atoms with van der Waals surface area (Å²) < 4.78 is 4.55. The maximum absolute atomic E-state index is 10.8. The lowest BCUT2D eigenvalue weighted by molar-refractivity contribution is -0.318. The lowest BCUT2D eigenvalue weighted by atomic mass is 10.2. The fourth-order valence-corrected chi connectivity index (χ4v) is 0.842. The predicted molar refractivity (Wildman–Crippen MR) is 50.0 cm³/mol. The summed E-state index contributed by atoms with van der Waals surface area (Å²) in [5.74, 6) is -1.70. The molecule has 0 radical (unpaired) electrons. The standard InChI is InChI=1S/C9H16O6/c1-3-5-7(9(11)12)15-14-6-8(10)13-4-2/h7H,3-6H2,1-2H3,(H,11,12). The summed E-state index contributed by atoms with van der Waals surface area (Å²) in [7, 11) is 0. The van der Waals surface area contributed by atoms with Crippen LogP contribution in [0.2, 0.25) is 0 Å². The van der Waals surface area contributed by atoms with Crippen LogP contribution in [0.5, 0.6) is 0 Å². The van der Waals surface area contributed by atoms with Crippen LogP contribution < -0.4 is 0 Å². The topological polar surface area (TPSA) is 82.1 Å². The van der Waals surface area contributed by atoms with Gasteiger partial charge in [0.2, 0.25) is 0 Å². The highest BCUT2D eigenvalue weighted by Crippen LogP contribution is 2.02. The van der Waals surface area contributed by atoms with E-state index in [4.69, 9.17) is 5.11 Å². The van der Waals surface area contributed by atoms with E-state index in [0.717, 1.165) is 0 Å². The Bertz CT molecular complexity index is 203. The van der Waals surface area contributed by atoms with Crippen molar-refractivity contribution in [2.45, 2.75) is 32.8 Å². The van der Waals surface area contributed by atoms with Crippen LogP contribution in [0.25, 0.3) is 0 Å². The molecule has 0 spiro atoms. The van der Waals surface area contributed by atoms with Crippen LogP contribution in [0, 0.1) is 0 Å². The van der Waals surface area contributed by atoms with E-state index in [2.05, 4.69) is 14.5 Å². The number of carbonyl (C=O) groups is 2. The first-order valence-corrected chi connectivity index (χ1v) is 4.78. The first-order chi connectivity index (χ1) is 7.11. The number of esters is 1. The molecule has 0 aromatic rings. The van der Waals surface area contributed by atoms with E-state index >= 15 is 0 Å². The molecule has 1 atom stereocenters. The number of carboxylic acids is 1. The summed E-state index contributed by atoms with van der Waals surface area (Å²) >= 11 is 0. The fourth-order valence-electron chi connectivity index (χ4n) is 0.842. The van der Waals surface area contributed by atoms with E-state index in [1.165, 1.54) is 0 Å². The Balaban J connectivity index is 3.70. The Morgan fingerprint density at radius 3 is 2.47 bits per heavy atom. The largest absolute Gasteiger partial charge is 0.479 e. The zero-order valence-electron chi connectivity index (χ0n) is 8.89. The van der Waals surface area contributed by atoms with Gasteiger partial charge in [-0.1, -0.05) is 13.3 Å². The quantitative estimate of drug-likeness (QED) is 0.369. The normalized spacial score (nSPS) is 12.1. The maximum atomic E-state index is 10.8. The van der Waals surface area contributed by atoms with Crippen molar-refractivity contribution in [3.63, 3.8) is 0 Å². The Hall–Kier alpha value is -1.14. The van der Waals surface area contributed by atoms with Crippen LogP contribution >= 0.6 is 0 Å². The summed E-state index contributed by atoms with van der Waals surface area (Å²) in [6.45, 7) is 3.33. The van der Waals surface area contributed by atoms with E-state index in [1.807, 2.05) is 6.92 Å². The number of carboxylic acid groups (broad SMARTS) is 1. The molecule has 0 fully saturated rings. The second-order valence-corrected chi connectivity index (χ2v) is 2.78. The summed E-state index contributed by atoms with van der Waals surface area (Å²) in [6.07, 6.45) is -0.0535. The van der Waals surface area contributed by atoms with E-state index in [1.54, 1.807) is 6.92 Å². The molecule has 6 nitrogen and oxygen atoms in total. The minimum absolute atomic E-state index is 0.250. The van der Waals surface area contributed by atoms with Crippen LogP contribution in [-0.2, 0) is 24.1 Å². The van der Waals surface area contributed by atoms with Crippen LogP contribution in [-0.4, -0.2) is 36.4 Å². The second-order valence-electron chi connectivity index (χ2n) is 2.78. The number of aliphatic carboxylic acids is 1. The van der Waals surface area contributed by atoms with Crippen molar-refractivity contribution in [1.82, 2.24) is 0 Å². The first-order valence-electron chi connectivity index (χ1n) is 4.78. The highest BCUT2D eigenvalue weighted by Gasteiger charge is 2.18. The van der Waals surface area contributed by atoms with Gasteiger partial charge in [-0.3, -0.25) is 0 Å². The van der Waals surface area contributed by atoms with Crippen LogP contribution in [0.3, 0.4) is 0 Å². The third-order valence-electron chi connectivity index (χ3n) is 1.49. The molecule has 6 heteroatoms. The number of carbonyl (C=O) groups excluding carboxylic acids is 1. The molecule has 0 aliphatic heterocycles. The average Bonchev–Trinajstić information content (AvgIpc) is 2.16. The van der Waals surface area contributed by atoms with Crippen molar-refractivity contribution >= 4 is 11.9 Å². The van der Waals surface area contributed by atoms with Gasteiger partial charge < -0.3 is 9.84 Å². The van der Waals surface area contributed by atoms with E-state index in [0.29, 0.717) is 12.8 Å². The summed E-state index contributed by atoms with van der Waals surface area (Å²) in [4.78, 5) is 30.4. The molecule has 15 heavy (non-hydrogen) atoms. The molecule has 0 amide bonds. The Labute approximate surface area is 88.0 Å². The van der Waals surface area contributed by atoms with Gasteiger partial charge in [0, 0.05) is 0 Å². The Morgan fingerprint density at radius 2 is 2.00 bits per heavy atom. The molecule has 0 rings (SSSR count). The smallest absolute Gasteiger partial charge is 0.336 e. The molecule has 0 aliphatic carbocycles. The van der Waals surface area contributed by atoms with Crippen molar-refractivity contribution in [3.8, 4) is 0 Å². The number of hydrogen-bond acceptors (Lipinski definition) is 5. The van der Waals surface area contributed by atoms with Crippen molar-refractivity contribution in [3.05, 3.63) is 0 Å². The van der Waals surface area contributed by atoms with Gasteiger partial charge in [0.05, 0.1) is 6.61 Å². The molecule has 0 heterocycles. The van der Waals surface area contributed by atoms with Gasteiger partial charge in [0.15, 0.2) is 12.7 Å².